The molecule has 1 aliphatic rings. The minimum Gasteiger partial charge on any atom is -0.497 e. The van der Waals surface area contributed by atoms with Crippen LogP contribution in [0.25, 0.3) is 22.3 Å². The lowest BCUT2D eigenvalue weighted by atomic mass is 9.94. The molecule has 1 aromatic heterocycles. The molecule has 0 aliphatic carbocycles. The quantitative estimate of drug-likeness (QED) is 0.397. The molecular weight excluding hydrogens is 430 g/mol. The highest BCUT2D eigenvalue weighted by atomic mass is 16.5. The van der Waals surface area contributed by atoms with Crippen LogP contribution >= 0.6 is 0 Å². The average molecular weight is 466 g/mol. The van der Waals surface area contributed by atoms with E-state index in [2.05, 4.69) is 4.90 Å². The second kappa shape index (κ2) is 12.0. The Balaban J connectivity index is 1.26. The molecular formula is C28H35NO5. The molecule has 0 unspecified atom stereocenters. The van der Waals surface area contributed by atoms with Crippen molar-refractivity contribution >= 4 is 11.0 Å². The van der Waals surface area contributed by atoms with Crippen LogP contribution in [0.3, 0.4) is 0 Å². The molecule has 182 valence electrons. The highest BCUT2D eigenvalue weighted by Gasteiger charge is 2.18. The topological polar surface area (TPSA) is 72.1 Å². The lowest BCUT2D eigenvalue weighted by Gasteiger charge is -2.31. The van der Waals surface area contributed by atoms with Crippen molar-refractivity contribution in [3.8, 4) is 22.8 Å². The van der Waals surface area contributed by atoms with E-state index in [4.69, 9.17) is 19.0 Å². The van der Waals surface area contributed by atoms with E-state index in [0.717, 1.165) is 50.2 Å². The Morgan fingerprint density at radius 1 is 1.00 bits per heavy atom. The summed E-state index contributed by atoms with van der Waals surface area (Å²) in [7, 11) is 1.62. The maximum Gasteiger partial charge on any atom is 0.193 e. The van der Waals surface area contributed by atoms with Crippen molar-refractivity contribution in [3.05, 3.63) is 58.8 Å². The van der Waals surface area contributed by atoms with Gasteiger partial charge in [0.15, 0.2) is 5.43 Å². The number of fused-ring (bicyclic) bond motifs is 1. The summed E-state index contributed by atoms with van der Waals surface area (Å²) >= 11 is 0. The second-order valence-electron chi connectivity index (χ2n) is 9.07. The van der Waals surface area contributed by atoms with Crippen molar-refractivity contribution in [2.45, 2.75) is 38.5 Å². The Morgan fingerprint density at radius 2 is 1.76 bits per heavy atom. The molecule has 0 atom stereocenters. The Kier molecular flexibility index (Phi) is 8.61. The van der Waals surface area contributed by atoms with E-state index in [9.17, 15) is 4.79 Å². The van der Waals surface area contributed by atoms with Gasteiger partial charge in [-0.05, 0) is 100 Å². The fraction of sp³-hybridized carbons (Fsp3) is 0.464. The van der Waals surface area contributed by atoms with Crippen LogP contribution < -0.4 is 14.9 Å². The molecule has 3 aromatic rings. The first-order valence-electron chi connectivity index (χ1n) is 12.3. The number of rotatable bonds is 11. The molecule has 1 saturated heterocycles. The molecule has 1 fully saturated rings. The van der Waals surface area contributed by atoms with E-state index >= 15 is 0 Å². The van der Waals surface area contributed by atoms with Gasteiger partial charge in [-0.1, -0.05) is 0 Å². The summed E-state index contributed by atoms with van der Waals surface area (Å²) in [6.45, 7) is 4.41. The zero-order valence-corrected chi connectivity index (χ0v) is 20.0. The molecule has 1 N–H and O–H groups in total. The number of nitrogens with zero attached hydrogens (tertiary/aromatic N) is 1. The van der Waals surface area contributed by atoms with E-state index in [1.807, 2.05) is 30.3 Å². The van der Waals surface area contributed by atoms with Crippen molar-refractivity contribution in [3.63, 3.8) is 0 Å². The molecule has 0 amide bonds. The van der Waals surface area contributed by atoms with Crippen LogP contribution in [0.1, 0.15) is 38.5 Å². The van der Waals surface area contributed by atoms with E-state index in [0.29, 0.717) is 41.6 Å². The largest absolute Gasteiger partial charge is 0.497 e. The molecule has 6 heteroatoms. The van der Waals surface area contributed by atoms with Gasteiger partial charge in [0.05, 0.1) is 19.1 Å². The standard InChI is InChI=1S/C28H35NO5/c1-32-23-7-5-22(6-8-23)27-20-26(31)25-10-9-24(19-28(25)34-27)33-18-4-2-3-14-29-15-11-21(12-16-29)13-17-30/h5-10,19-21,30H,2-4,11-18H2,1H3. The number of hydrogen-bond donors (Lipinski definition) is 1. The number of hydrogen-bond acceptors (Lipinski definition) is 6. The number of likely N-dealkylation sites (tertiary alicyclic amines) is 1. The van der Waals surface area contributed by atoms with Gasteiger partial charge in [-0.3, -0.25) is 4.79 Å². The fourth-order valence-corrected chi connectivity index (χ4v) is 4.61. The molecule has 0 radical (unpaired) electrons. The summed E-state index contributed by atoms with van der Waals surface area (Å²) in [4.78, 5) is 15.1. The zero-order valence-electron chi connectivity index (χ0n) is 20.0. The van der Waals surface area contributed by atoms with Crippen molar-refractivity contribution in [2.24, 2.45) is 5.92 Å². The highest BCUT2D eigenvalue weighted by Crippen LogP contribution is 2.26. The van der Waals surface area contributed by atoms with E-state index in [1.54, 1.807) is 19.2 Å². The third-order valence-corrected chi connectivity index (χ3v) is 6.71. The third-order valence-electron chi connectivity index (χ3n) is 6.71. The molecule has 0 spiro atoms. The average Bonchev–Trinajstić information content (AvgIpc) is 2.87. The van der Waals surface area contributed by atoms with Gasteiger partial charge in [0.25, 0.3) is 0 Å². The first kappa shape index (κ1) is 24.3. The van der Waals surface area contributed by atoms with Crippen molar-refractivity contribution in [1.82, 2.24) is 4.90 Å². The summed E-state index contributed by atoms with van der Waals surface area (Å²) in [5.41, 5.74) is 1.28. The van der Waals surface area contributed by atoms with Crippen LogP contribution in [0.15, 0.2) is 57.7 Å². The van der Waals surface area contributed by atoms with Gasteiger partial charge in [-0.15, -0.1) is 0 Å². The van der Waals surface area contributed by atoms with Gasteiger partial charge in [0.2, 0.25) is 0 Å². The maximum atomic E-state index is 12.6. The highest BCUT2D eigenvalue weighted by molar-refractivity contribution is 5.80. The number of methoxy groups -OCH3 is 1. The summed E-state index contributed by atoms with van der Waals surface area (Å²) in [5.74, 6) is 2.70. The third kappa shape index (κ3) is 6.39. The number of benzene rings is 2. The minimum absolute atomic E-state index is 0.0704. The summed E-state index contributed by atoms with van der Waals surface area (Å²) in [6, 6.07) is 14.4. The Morgan fingerprint density at radius 3 is 2.50 bits per heavy atom. The molecule has 34 heavy (non-hydrogen) atoms. The van der Waals surface area contributed by atoms with E-state index in [-0.39, 0.29) is 5.43 Å². The van der Waals surface area contributed by atoms with Gasteiger partial charge >= 0.3 is 0 Å². The molecule has 1 aliphatic heterocycles. The molecule has 6 nitrogen and oxygen atoms in total. The smallest absolute Gasteiger partial charge is 0.193 e. The molecule has 2 aromatic carbocycles. The predicted octanol–water partition coefficient (Wildman–Crippen LogP) is 5.11. The fourth-order valence-electron chi connectivity index (χ4n) is 4.61. The lowest BCUT2D eigenvalue weighted by molar-refractivity contribution is 0.156. The zero-order chi connectivity index (χ0) is 23.8. The normalized spacial score (nSPS) is 15.0. The number of ether oxygens (including phenoxy) is 2. The van der Waals surface area contributed by atoms with Crippen LogP contribution in [0, 0.1) is 5.92 Å². The molecule has 0 bridgehead atoms. The van der Waals surface area contributed by atoms with E-state index < -0.39 is 0 Å². The van der Waals surface area contributed by atoms with Crippen LogP contribution in [-0.4, -0.2) is 50.0 Å². The van der Waals surface area contributed by atoms with Gasteiger partial charge in [-0.25, -0.2) is 0 Å². The molecule has 2 heterocycles. The Bertz CT molecular complexity index is 1100. The molecule has 4 rings (SSSR count). The lowest BCUT2D eigenvalue weighted by Crippen LogP contribution is -2.34. The Labute approximate surface area is 201 Å². The molecule has 0 saturated carbocycles. The minimum atomic E-state index is -0.0704. The SMILES string of the molecule is COc1ccc(-c2cc(=O)c3ccc(OCCCCCN4CCC(CCO)CC4)cc3o2)cc1. The van der Waals surface area contributed by atoms with Crippen molar-refractivity contribution < 1.29 is 19.0 Å². The first-order valence-corrected chi connectivity index (χ1v) is 12.3. The van der Waals surface area contributed by atoms with E-state index in [1.165, 1.54) is 25.3 Å². The van der Waals surface area contributed by atoms with Crippen LogP contribution in [-0.2, 0) is 0 Å². The van der Waals surface area contributed by atoms with Gasteiger partial charge in [0.1, 0.15) is 22.8 Å². The van der Waals surface area contributed by atoms with Crippen LogP contribution in [0.2, 0.25) is 0 Å². The summed E-state index contributed by atoms with van der Waals surface area (Å²) < 4.78 is 17.2. The summed E-state index contributed by atoms with van der Waals surface area (Å²) in [6.07, 6.45) is 6.66. The van der Waals surface area contributed by atoms with Gasteiger partial charge in [-0.2, -0.15) is 0 Å². The van der Waals surface area contributed by atoms with Gasteiger partial charge < -0.3 is 23.9 Å². The maximum absolute atomic E-state index is 12.6. The number of aliphatic hydroxyl groups is 1. The van der Waals surface area contributed by atoms with Crippen LogP contribution in [0.5, 0.6) is 11.5 Å². The summed E-state index contributed by atoms with van der Waals surface area (Å²) in [5, 5.41) is 9.63. The monoisotopic (exact) mass is 465 g/mol. The Hall–Kier alpha value is -2.83. The van der Waals surface area contributed by atoms with Crippen molar-refractivity contribution in [2.75, 3.05) is 40.0 Å². The first-order chi connectivity index (χ1) is 16.7. The van der Waals surface area contributed by atoms with Gasteiger partial charge in [0, 0.05) is 24.3 Å². The van der Waals surface area contributed by atoms with Crippen LogP contribution in [0.4, 0.5) is 0 Å². The predicted molar refractivity (Wildman–Crippen MR) is 135 cm³/mol. The number of aliphatic hydroxyl groups excluding tert-OH is 1. The second-order valence-corrected chi connectivity index (χ2v) is 9.07. The number of piperidine rings is 1. The van der Waals surface area contributed by atoms with Crippen molar-refractivity contribution in [1.29, 1.82) is 0 Å². The number of unbranched alkanes of at least 4 members (excludes halogenated alkanes) is 2.